The first-order valence-corrected chi connectivity index (χ1v) is 13.1. The lowest BCUT2D eigenvalue weighted by Crippen LogP contribution is -2.43. The second kappa shape index (κ2) is 13.2. The van der Waals surface area contributed by atoms with Crippen LogP contribution in [0.2, 0.25) is 0 Å². The fourth-order valence-corrected chi connectivity index (χ4v) is 4.94. The molecule has 0 saturated carbocycles. The highest BCUT2D eigenvalue weighted by molar-refractivity contribution is 5.78. The number of nitrogens with zero attached hydrogens (tertiary/aromatic N) is 1. The van der Waals surface area contributed by atoms with Crippen LogP contribution in [0.3, 0.4) is 0 Å². The Bertz CT molecular complexity index is 1210. The average Bonchev–Trinajstić information content (AvgIpc) is 2.96. The molecule has 1 heterocycles. The molecule has 0 saturated heterocycles. The number of ether oxygens (including phenoxy) is 4. The van der Waals surface area contributed by atoms with E-state index in [2.05, 4.69) is 41.4 Å². The summed E-state index contributed by atoms with van der Waals surface area (Å²) >= 11 is 0. The van der Waals surface area contributed by atoms with Gasteiger partial charge in [-0.15, -0.1) is 0 Å². The smallest absolute Gasteiger partial charge is 0.234 e. The van der Waals surface area contributed by atoms with E-state index in [4.69, 9.17) is 18.9 Å². The zero-order valence-electron chi connectivity index (χ0n) is 22.8. The van der Waals surface area contributed by atoms with Crippen LogP contribution in [-0.2, 0) is 24.2 Å². The van der Waals surface area contributed by atoms with Gasteiger partial charge in [0.2, 0.25) is 5.91 Å². The van der Waals surface area contributed by atoms with Gasteiger partial charge in [0.05, 0.1) is 34.5 Å². The normalized spacial score (nSPS) is 14.9. The molecule has 4 rings (SSSR count). The SMILES string of the molecule is CCCOc1cc(CC2c3cc(OC)c(OC)cc3CCN2CC(=O)NCc2ccccc2)ccc1OC. The quantitative estimate of drug-likeness (QED) is 0.366. The van der Waals surface area contributed by atoms with Crippen LogP contribution in [0.1, 0.15) is 41.6 Å². The number of methoxy groups -OCH3 is 3. The average molecular weight is 519 g/mol. The summed E-state index contributed by atoms with van der Waals surface area (Å²) in [6.07, 6.45) is 2.45. The third-order valence-corrected chi connectivity index (χ3v) is 6.91. The Morgan fingerprint density at radius 2 is 1.63 bits per heavy atom. The molecule has 3 aromatic rings. The molecule has 0 bridgehead atoms. The molecule has 0 aliphatic carbocycles. The summed E-state index contributed by atoms with van der Waals surface area (Å²) in [5, 5.41) is 3.08. The van der Waals surface area contributed by atoms with E-state index in [9.17, 15) is 4.79 Å². The maximum atomic E-state index is 13.0. The summed E-state index contributed by atoms with van der Waals surface area (Å²) in [6, 6.07) is 20.2. The molecule has 7 heteroatoms. The van der Waals surface area contributed by atoms with Gasteiger partial charge in [0.1, 0.15) is 0 Å². The number of benzene rings is 3. The minimum atomic E-state index is -0.0200. The zero-order valence-corrected chi connectivity index (χ0v) is 22.8. The highest BCUT2D eigenvalue weighted by atomic mass is 16.5. The van der Waals surface area contributed by atoms with E-state index < -0.39 is 0 Å². The summed E-state index contributed by atoms with van der Waals surface area (Å²) in [4.78, 5) is 15.3. The van der Waals surface area contributed by atoms with Gasteiger partial charge >= 0.3 is 0 Å². The van der Waals surface area contributed by atoms with Crippen molar-refractivity contribution in [1.29, 1.82) is 0 Å². The summed E-state index contributed by atoms with van der Waals surface area (Å²) in [6.45, 7) is 4.28. The van der Waals surface area contributed by atoms with E-state index in [1.165, 1.54) is 5.56 Å². The molecule has 1 N–H and O–H groups in total. The molecule has 0 spiro atoms. The number of fused-ring (bicyclic) bond motifs is 1. The van der Waals surface area contributed by atoms with Gasteiger partial charge in [-0.25, -0.2) is 0 Å². The zero-order chi connectivity index (χ0) is 26.9. The second-order valence-electron chi connectivity index (χ2n) is 9.44. The van der Waals surface area contributed by atoms with Gasteiger partial charge in [-0.05, 0) is 65.8 Å². The number of carbonyl (C=O) groups is 1. The van der Waals surface area contributed by atoms with Crippen molar-refractivity contribution in [1.82, 2.24) is 10.2 Å². The summed E-state index contributed by atoms with van der Waals surface area (Å²) in [7, 11) is 4.96. The highest BCUT2D eigenvalue weighted by Crippen LogP contribution is 2.40. The predicted molar refractivity (Wildman–Crippen MR) is 148 cm³/mol. The molecule has 3 aromatic carbocycles. The minimum Gasteiger partial charge on any atom is -0.493 e. The second-order valence-corrected chi connectivity index (χ2v) is 9.44. The van der Waals surface area contributed by atoms with E-state index in [-0.39, 0.29) is 11.9 Å². The van der Waals surface area contributed by atoms with Crippen LogP contribution in [0.15, 0.2) is 60.7 Å². The van der Waals surface area contributed by atoms with Crippen LogP contribution in [0, 0.1) is 0 Å². The van der Waals surface area contributed by atoms with Gasteiger partial charge in [-0.2, -0.15) is 0 Å². The Hall–Kier alpha value is -3.71. The van der Waals surface area contributed by atoms with Crippen molar-refractivity contribution in [2.45, 2.75) is 38.8 Å². The molecule has 1 unspecified atom stereocenters. The maximum Gasteiger partial charge on any atom is 0.234 e. The van der Waals surface area contributed by atoms with Crippen molar-refractivity contribution in [2.75, 3.05) is 41.0 Å². The molecule has 0 fully saturated rings. The van der Waals surface area contributed by atoms with E-state index in [0.717, 1.165) is 53.3 Å². The summed E-state index contributed by atoms with van der Waals surface area (Å²) < 4.78 is 22.7. The molecule has 1 aliphatic rings. The van der Waals surface area contributed by atoms with E-state index in [1.807, 2.05) is 36.4 Å². The third-order valence-electron chi connectivity index (χ3n) is 6.91. The Kier molecular flexibility index (Phi) is 9.49. The van der Waals surface area contributed by atoms with Crippen molar-refractivity contribution >= 4 is 5.91 Å². The first-order chi connectivity index (χ1) is 18.6. The van der Waals surface area contributed by atoms with Crippen LogP contribution >= 0.6 is 0 Å². The van der Waals surface area contributed by atoms with Gasteiger partial charge in [0.15, 0.2) is 23.0 Å². The fraction of sp³-hybridized carbons (Fsp3) is 0.387. The number of hydrogen-bond donors (Lipinski definition) is 1. The maximum absolute atomic E-state index is 13.0. The lowest BCUT2D eigenvalue weighted by molar-refractivity contribution is -0.123. The van der Waals surface area contributed by atoms with E-state index in [1.54, 1.807) is 21.3 Å². The molecular formula is C31H38N2O5. The molecule has 202 valence electrons. The summed E-state index contributed by atoms with van der Waals surface area (Å²) in [5.41, 5.74) is 4.55. The molecule has 1 aliphatic heterocycles. The van der Waals surface area contributed by atoms with Gasteiger partial charge < -0.3 is 24.3 Å². The Labute approximate surface area is 225 Å². The van der Waals surface area contributed by atoms with Gasteiger partial charge in [0.25, 0.3) is 0 Å². The number of rotatable bonds is 12. The van der Waals surface area contributed by atoms with E-state index in [0.29, 0.717) is 31.9 Å². The van der Waals surface area contributed by atoms with Crippen molar-refractivity contribution in [3.8, 4) is 23.0 Å². The van der Waals surface area contributed by atoms with Crippen molar-refractivity contribution in [2.24, 2.45) is 0 Å². The van der Waals surface area contributed by atoms with Crippen LogP contribution in [-0.4, -0.2) is 51.8 Å². The number of nitrogens with one attached hydrogen (secondary N) is 1. The van der Waals surface area contributed by atoms with Gasteiger partial charge in [-0.3, -0.25) is 9.69 Å². The van der Waals surface area contributed by atoms with E-state index >= 15 is 0 Å². The van der Waals surface area contributed by atoms with Gasteiger partial charge in [-0.1, -0.05) is 43.3 Å². The Morgan fingerprint density at radius 1 is 0.895 bits per heavy atom. The number of carbonyl (C=O) groups excluding carboxylic acids is 1. The third kappa shape index (κ3) is 6.58. The molecular weight excluding hydrogens is 480 g/mol. The largest absolute Gasteiger partial charge is 0.493 e. The molecule has 7 nitrogen and oxygen atoms in total. The molecule has 1 amide bonds. The minimum absolute atomic E-state index is 0.00415. The van der Waals surface area contributed by atoms with Crippen molar-refractivity contribution in [3.05, 3.63) is 82.9 Å². The molecule has 0 radical (unpaired) electrons. The standard InChI is InChI=1S/C31H38N2O5/c1-5-15-38-30-17-23(11-12-27(30)35-2)16-26-25-19-29(37-4)28(36-3)18-24(25)13-14-33(26)21-31(34)32-20-22-9-7-6-8-10-22/h6-12,17-19,26H,5,13-16,20-21H2,1-4H3,(H,32,34). The number of hydrogen-bond acceptors (Lipinski definition) is 6. The topological polar surface area (TPSA) is 69.3 Å². The lowest BCUT2D eigenvalue weighted by Gasteiger charge is -2.37. The Morgan fingerprint density at radius 3 is 2.34 bits per heavy atom. The van der Waals surface area contributed by atoms with Crippen molar-refractivity contribution < 1.29 is 23.7 Å². The van der Waals surface area contributed by atoms with Crippen LogP contribution in [0.4, 0.5) is 0 Å². The fourth-order valence-electron chi connectivity index (χ4n) is 4.94. The summed E-state index contributed by atoms with van der Waals surface area (Å²) in [5.74, 6) is 2.87. The van der Waals surface area contributed by atoms with Crippen LogP contribution < -0.4 is 24.3 Å². The predicted octanol–water partition coefficient (Wildman–Crippen LogP) is 4.96. The van der Waals surface area contributed by atoms with Crippen LogP contribution in [0.25, 0.3) is 0 Å². The Balaban J connectivity index is 1.61. The van der Waals surface area contributed by atoms with Crippen molar-refractivity contribution in [3.63, 3.8) is 0 Å². The lowest BCUT2D eigenvalue weighted by atomic mass is 9.88. The molecule has 1 atom stereocenters. The van der Waals surface area contributed by atoms with Crippen LogP contribution in [0.5, 0.6) is 23.0 Å². The monoisotopic (exact) mass is 518 g/mol. The number of amides is 1. The first-order valence-electron chi connectivity index (χ1n) is 13.1. The molecule has 38 heavy (non-hydrogen) atoms. The van der Waals surface area contributed by atoms with Gasteiger partial charge in [0, 0.05) is 19.1 Å². The molecule has 0 aromatic heterocycles. The first kappa shape index (κ1) is 27.3. The highest BCUT2D eigenvalue weighted by Gasteiger charge is 2.31.